The van der Waals surface area contributed by atoms with Crippen molar-refractivity contribution in [2.75, 3.05) is 13.1 Å². The Kier molecular flexibility index (Phi) is 5.31. The summed E-state index contributed by atoms with van der Waals surface area (Å²) >= 11 is 3.26. The van der Waals surface area contributed by atoms with Gasteiger partial charge in [-0.25, -0.2) is 4.39 Å². The highest BCUT2D eigenvalue weighted by molar-refractivity contribution is 9.10. The first-order valence-corrected chi connectivity index (χ1v) is 5.90. The van der Waals surface area contributed by atoms with Crippen LogP contribution in [0.4, 0.5) is 4.39 Å². The predicted octanol–water partition coefficient (Wildman–Crippen LogP) is 2.06. The third-order valence-corrected chi connectivity index (χ3v) is 2.74. The molecule has 1 aromatic rings. The first kappa shape index (κ1) is 13.9. The number of carbonyl (C=O) groups excluding carboxylic acids is 1. The summed E-state index contributed by atoms with van der Waals surface area (Å²) in [6.07, 6.45) is 1.59. The van der Waals surface area contributed by atoms with E-state index < -0.39 is 0 Å². The Hall–Kier alpha value is -1.20. The maximum atomic E-state index is 13.5. The molecule has 1 rings (SSSR count). The van der Waals surface area contributed by atoms with Gasteiger partial charge in [0.2, 0.25) is 5.91 Å². The third kappa shape index (κ3) is 3.94. The molecular formula is C12H14BrFN2O. The molecule has 0 unspecified atom stereocenters. The van der Waals surface area contributed by atoms with Gasteiger partial charge in [0.15, 0.2) is 0 Å². The number of halogens is 2. The molecule has 17 heavy (non-hydrogen) atoms. The number of nitrogens with zero attached hydrogens (tertiary/aromatic N) is 1. The first-order valence-electron chi connectivity index (χ1n) is 5.11. The van der Waals surface area contributed by atoms with Crippen LogP contribution in [0.15, 0.2) is 35.3 Å². The molecule has 0 radical (unpaired) electrons. The molecule has 5 heteroatoms. The lowest BCUT2D eigenvalue weighted by molar-refractivity contribution is -0.129. The van der Waals surface area contributed by atoms with E-state index in [-0.39, 0.29) is 24.8 Å². The number of amides is 1. The number of hydrogen-bond acceptors (Lipinski definition) is 2. The standard InChI is InChI=1S/C12H14BrFN2O/c1-2-5-16(12(17)7-15)8-9-6-10(13)3-4-11(9)14/h2-4,6H,1,5,7-8,15H2. The molecule has 0 saturated heterocycles. The lowest BCUT2D eigenvalue weighted by Crippen LogP contribution is -2.35. The molecule has 2 N–H and O–H groups in total. The third-order valence-electron chi connectivity index (χ3n) is 2.25. The molecule has 1 amide bonds. The fourth-order valence-corrected chi connectivity index (χ4v) is 1.82. The Bertz CT molecular complexity index is 423. The van der Waals surface area contributed by atoms with Crippen molar-refractivity contribution < 1.29 is 9.18 Å². The molecule has 3 nitrogen and oxygen atoms in total. The van der Waals surface area contributed by atoms with E-state index in [1.165, 1.54) is 11.0 Å². The molecule has 0 aliphatic carbocycles. The van der Waals surface area contributed by atoms with Gasteiger partial charge in [0.25, 0.3) is 0 Å². The molecule has 1 aromatic carbocycles. The fraction of sp³-hybridized carbons (Fsp3) is 0.250. The van der Waals surface area contributed by atoms with Crippen LogP contribution < -0.4 is 5.73 Å². The second-order valence-electron chi connectivity index (χ2n) is 3.50. The van der Waals surface area contributed by atoms with Gasteiger partial charge in [-0.3, -0.25) is 4.79 Å². The Morgan fingerprint density at radius 1 is 1.59 bits per heavy atom. The van der Waals surface area contributed by atoms with Gasteiger partial charge in [-0.2, -0.15) is 0 Å². The highest BCUT2D eigenvalue weighted by Gasteiger charge is 2.13. The van der Waals surface area contributed by atoms with Crippen molar-refractivity contribution in [3.63, 3.8) is 0 Å². The van der Waals surface area contributed by atoms with Crippen LogP contribution in [0, 0.1) is 5.82 Å². The molecule has 0 saturated carbocycles. The minimum absolute atomic E-state index is 0.0938. The molecule has 0 aliphatic heterocycles. The van der Waals surface area contributed by atoms with Crippen LogP contribution in [-0.4, -0.2) is 23.9 Å². The van der Waals surface area contributed by atoms with Crippen LogP contribution in [0.1, 0.15) is 5.56 Å². The van der Waals surface area contributed by atoms with Gasteiger partial charge in [-0.15, -0.1) is 6.58 Å². The van der Waals surface area contributed by atoms with Crippen molar-refractivity contribution >= 4 is 21.8 Å². The minimum atomic E-state index is -0.341. The van der Waals surface area contributed by atoms with Crippen LogP contribution in [0.3, 0.4) is 0 Å². The van der Waals surface area contributed by atoms with E-state index in [0.717, 1.165) is 4.47 Å². The zero-order valence-corrected chi connectivity index (χ0v) is 10.9. The lowest BCUT2D eigenvalue weighted by atomic mass is 10.2. The summed E-state index contributed by atoms with van der Waals surface area (Å²) in [4.78, 5) is 13.0. The van der Waals surface area contributed by atoms with E-state index in [2.05, 4.69) is 22.5 Å². The summed E-state index contributed by atoms with van der Waals surface area (Å²) < 4.78 is 14.3. The monoisotopic (exact) mass is 300 g/mol. The molecule has 0 heterocycles. The van der Waals surface area contributed by atoms with Gasteiger partial charge in [-0.1, -0.05) is 22.0 Å². The van der Waals surface area contributed by atoms with E-state index in [1.807, 2.05) is 0 Å². The van der Waals surface area contributed by atoms with Gasteiger partial charge >= 0.3 is 0 Å². The van der Waals surface area contributed by atoms with Gasteiger partial charge in [0.1, 0.15) is 5.82 Å². The van der Waals surface area contributed by atoms with E-state index in [1.54, 1.807) is 18.2 Å². The average Bonchev–Trinajstić information content (AvgIpc) is 2.32. The summed E-state index contributed by atoms with van der Waals surface area (Å²) in [5.41, 5.74) is 5.74. The molecule has 0 aromatic heterocycles. The van der Waals surface area contributed by atoms with Crippen LogP contribution >= 0.6 is 15.9 Å². The molecule has 0 aliphatic rings. The zero-order valence-electron chi connectivity index (χ0n) is 9.33. The maximum absolute atomic E-state index is 13.5. The highest BCUT2D eigenvalue weighted by Crippen LogP contribution is 2.17. The first-order chi connectivity index (χ1) is 8.08. The van der Waals surface area contributed by atoms with Gasteiger partial charge in [0.05, 0.1) is 6.54 Å². The summed E-state index contributed by atoms with van der Waals surface area (Å²) in [5, 5.41) is 0. The largest absolute Gasteiger partial charge is 0.333 e. The summed E-state index contributed by atoms with van der Waals surface area (Å²) in [6.45, 7) is 4.00. The zero-order chi connectivity index (χ0) is 12.8. The number of hydrogen-bond donors (Lipinski definition) is 1. The van der Waals surface area contributed by atoms with Crippen LogP contribution in [0.25, 0.3) is 0 Å². The Balaban J connectivity index is 2.88. The van der Waals surface area contributed by atoms with Crippen molar-refractivity contribution in [2.24, 2.45) is 5.73 Å². The van der Waals surface area contributed by atoms with E-state index in [4.69, 9.17) is 5.73 Å². The molecule has 0 fully saturated rings. The highest BCUT2D eigenvalue weighted by atomic mass is 79.9. The van der Waals surface area contributed by atoms with Gasteiger partial charge in [-0.05, 0) is 18.2 Å². The second kappa shape index (κ2) is 6.51. The Morgan fingerprint density at radius 2 is 2.29 bits per heavy atom. The van der Waals surface area contributed by atoms with Crippen molar-refractivity contribution in [1.82, 2.24) is 4.90 Å². The maximum Gasteiger partial charge on any atom is 0.236 e. The van der Waals surface area contributed by atoms with Gasteiger partial charge < -0.3 is 10.6 Å². The quantitative estimate of drug-likeness (QED) is 0.846. The fourth-order valence-electron chi connectivity index (χ4n) is 1.41. The predicted molar refractivity (Wildman–Crippen MR) is 68.8 cm³/mol. The van der Waals surface area contributed by atoms with Crippen LogP contribution in [-0.2, 0) is 11.3 Å². The number of benzene rings is 1. The smallest absolute Gasteiger partial charge is 0.236 e. The number of carbonyl (C=O) groups is 1. The topological polar surface area (TPSA) is 46.3 Å². The molecule has 0 spiro atoms. The summed E-state index contributed by atoms with van der Waals surface area (Å²) in [5.74, 6) is -0.573. The lowest BCUT2D eigenvalue weighted by Gasteiger charge is -2.20. The average molecular weight is 301 g/mol. The number of rotatable bonds is 5. The molecule has 92 valence electrons. The number of nitrogens with two attached hydrogens (primary N) is 1. The minimum Gasteiger partial charge on any atom is -0.333 e. The van der Waals surface area contributed by atoms with Crippen molar-refractivity contribution in [1.29, 1.82) is 0 Å². The molecular weight excluding hydrogens is 287 g/mol. The Labute approximate surface area is 108 Å². The van der Waals surface area contributed by atoms with Crippen molar-refractivity contribution in [3.05, 3.63) is 46.7 Å². The normalized spacial score (nSPS) is 10.1. The molecule has 0 bridgehead atoms. The van der Waals surface area contributed by atoms with E-state index in [9.17, 15) is 9.18 Å². The van der Waals surface area contributed by atoms with E-state index >= 15 is 0 Å². The second-order valence-corrected chi connectivity index (χ2v) is 4.42. The van der Waals surface area contributed by atoms with Gasteiger partial charge in [0, 0.05) is 23.1 Å². The summed E-state index contributed by atoms with van der Waals surface area (Å²) in [7, 11) is 0. The van der Waals surface area contributed by atoms with Crippen LogP contribution in [0.2, 0.25) is 0 Å². The van der Waals surface area contributed by atoms with E-state index in [0.29, 0.717) is 12.1 Å². The Morgan fingerprint density at radius 3 is 2.88 bits per heavy atom. The van der Waals surface area contributed by atoms with Crippen molar-refractivity contribution in [2.45, 2.75) is 6.54 Å². The summed E-state index contributed by atoms with van der Waals surface area (Å²) in [6, 6.07) is 4.62. The SMILES string of the molecule is C=CCN(Cc1cc(Br)ccc1F)C(=O)CN. The van der Waals surface area contributed by atoms with Crippen LogP contribution in [0.5, 0.6) is 0 Å². The molecule has 0 atom stereocenters. The van der Waals surface area contributed by atoms with Crippen molar-refractivity contribution in [3.8, 4) is 0 Å².